The van der Waals surface area contributed by atoms with Crippen LogP contribution in [0.15, 0.2) is 24.3 Å². The van der Waals surface area contributed by atoms with E-state index in [4.69, 9.17) is 22.1 Å². The van der Waals surface area contributed by atoms with Gasteiger partial charge in [-0.3, -0.25) is 4.79 Å². The minimum absolute atomic E-state index is 0.00506. The highest BCUT2D eigenvalue weighted by Crippen LogP contribution is 2.16. The van der Waals surface area contributed by atoms with Gasteiger partial charge in [0.05, 0.1) is 0 Å². The Kier molecular flexibility index (Phi) is 5.80. The second-order valence-electron chi connectivity index (χ2n) is 3.65. The molecule has 5 heteroatoms. The van der Waals surface area contributed by atoms with Crippen molar-refractivity contribution in [2.75, 3.05) is 13.2 Å². The third-order valence-electron chi connectivity index (χ3n) is 2.31. The molecule has 1 atom stereocenters. The zero-order valence-corrected chi connectivity index (χ0v) is 10.5. The van der Waals surface area contributed by atoms with Crippen molar-refractivity contribution < 1.29 is 9.53 Å². The Morgan fingerprint density at radius 2 is 2.35 bits per heavy atom. The molecule has 0 spiro atoms. The highest BCUT2D eigenvalue weighted by molar-refractivity contribution is 6.30. The van der Waals surface area contributed by atoms with Gasteiger partial charge < -0.3 is 15.8 Å². The molecule has 0 saturated heterocycles. The SMILES string of the molecule is CCC(CN)NC(=O)COc1cccc(Cl)c1. The molecule has 1 rings (SSSR count). The Morgan fingerprint density at radius 3 is 2.94 bits per heavy atom. The second kappa shape index (κ2) is 7.14. The van der Waals surface area contributed by atoms with E-state index in [1.807, 2.05) is 6.92 Å². The summed E-state index contributed by atoms with van der Waals surface area (Å²) in [4.78, 5) is 11.5. The molecule has 0 fully saturated rings. The fourth-order valence-corrected chi connectivity index (χ4v) is 1.48. The Hall–Kier alpha value is -1.26. The van der Waals surface area contributed by atoms with Gasteiger partial charge in [0.25, 0.3) is 5.91 Å². The molecule has 1 aromatic carbocycles. The molecule has 0 aliphatic rings. The predicted molar refractivity (Wildman–Crippen MR) is 68.2 cm³/mol. The van der Waals surface area contributed by atoms with E-state index < -0.39 is 0 Å². The average Bonchev–Trinajstić information content (AvgIpc) is 2.33. The van der Waals surface area contributed by atoms with Crippen molar-refractivity contribution in [3.63, 3.8) is 0 Å². The van der Waals surface area contributed by atoms with Crippen LogP contribution in [0.4, 0.5) is 0 Å². The Morgan fingerprint density at radius 1 is 1.59 bits per heavy atom. The Balaban J connectivity index is 2.38. The molecule has 0 radical (unpaired) electrons. The van der Waals surface area contributed by atoms with E-state index in [9.17, 15) is 4.79 Å². The molecule has 1 aromatic rings. The van der Waals surface area contributed by atoms with Crippen LogP contribution in [0.25, 0.3) is 0 Å². The summed E-state index contributed by atoms with van der Waals surface area (Å²) in [6.07, 6.45) is 0.805. The van der Waals surface area contributed by atoms with Crippen LogP contribution < -0.4 is 15.8 Å². The number of ether oxygens (including phenoxy) is 1. The summed E-state index contributed by atoms with van der Waals surface area (Å²) in [5.41, 5.74) is 5.49. The molecule has 0 heterocycles. The van der Waals surface area contributed by atoms with Crippen LogP contribution in [0.1, 0.15) is 13.3 Å². The number of nitrogens with one attached hydrogen (secondary N) is 1. The van der Waals surface area contributed by atoms with Gasteiger partial charge in [-0.2, -0.15) is 0 Å². The zero-order chi connectivity index (χ0) is 12.7. The summed E-state index contributed by atoms with van der Waals surface area (Å²) in [6.45, 7) is 2.37. The van der Waals surface area contributed by atoms with E-state index in [2.05, 4.69) is 5.32 Å². The maximum absolute atomic E-state index is 11.5. The largest absolute Gasteiger partial charge is 0.484 e. The molecule has 0 aromatic heterocycles. The van der Waals surface area contributed by atoms with Crippen LogP contribution in [0.3, 0.4) is 0 Å². The maximum atomic E-state index is 11.5. The molecule has 1 amide bonds. The first-order chi connectivity index (χ1) is 8.15. The fourth-order valence-electron chi connectivity index (χ4n) is 1.30. The van der Waals surface area contributed by atoms with E-state index in [1.54, 1.807) is 24.3 Å². The molecule has 3 N–H and O–H groups in total. The summed E-state index contributed by atoms with van der Waals surface area (Å²) in [7, 11) is 0. The topological polar surface area (TPSA) is 64.3 Å². The third kappa shape index (κ3) is 5.06. The minimum atomic E-state index is -0.178. The molecular weight excluding hydrogens is 240 g/mol. The number of benzene rings is 1. The molecule has 0 saturated carbocycles. The monoisotopic (exact) mass is 256 g/mol. The smallest absolute Gasteiger partial charge is 0.258 e. The number of hydrogen-bond acceptors (Lipinski definition) is 3. The van der Waals surface area contributed by atoms with Gasteiger partial charge in [0.2, 0.25) is 0 Å². The van der Waals surface area contributed by atoms with Crippen LogP contribution in [0.5, 0.6) is 5.75 Å². The van der Waals surface area contributed by atoms with Crippen molar-refractivity contribution in [1.29, 1.82) is 0 Å². The van der Waals surface area contributed by atoms with Gasteiger partial charge >= 0.3 is 0 Å². The fraction of sp³-hybridized carbons (Fsp3) is 0.417. The van der Waals surface area contributed by atoms with Crippen LogP contribution in [0, 0.1) is 0 Å². The summed E-state index contributed by atoms with van der Waals surface area (Å²) in [5, 5.41) is 3.36. The molecule has 1 unspecified atom stereocenters. The number of carbonyl (C=O) groups is 1. The van der Waals surface area contributed by atoms with Gasteiger partial charge in [-0.15, -0.1) is 0 Å². The molecule has 17 heavy (non-hydrogen) atoms. The van der Waals surface area contributed by atoms with Gasteiger partial charge in [0.1, 0.15) is 5.75 Å². The van der Waals surface area contributed by atoms with Crippen molar-refractivity contribution in [3.05, 3.63) is 29.3 Å². The predicted octanol–water partition coefficient (Wildman–Crippen LogP) is 1.57. The number of nitrogens with two attached hydrogens (primary N) is 1. The van der Waals surface area contributed by atoms with Crippen molar-refractivity contribution in [1.82, 2.24) is 5.32 Å². The average molecular weight is 257 g/mol. The molecular formula is C12H17ClN2O2. The van der Waals surface area contributed by atoms with E-state index >= 15 is 0 Å². The third-order valence-corrected chi connectivity index (χ3v) is 2.54. The van der Waals surface area contributed by atoms with Crippen molar-refractivity contribution >= 4 is 17.5 Å². The second-order valence-corrected chi connectivity index (χ2v) is 4.09. The summed E-state index contributed by atoms with van der Waals surface area (Å²) < 4.78 is 5.30. The first kappa shape index (κ1) is 13.8. The number of rotatable bonds is 6. The lowest BCUT2D eigenvalue weighted by atomic mass is 10.2. The van der Waals surface area contributed by atoms with E-state index in [-0.39, 0.29) is 18.6 Å². The first-order valence-electron chi connectivity index (χ1n) is 5.53. The summed E-state index contributed by atoms with van der Waals surface area (Å²) in [6, 6.07) is 6.93. The molecule has 4 nitrogen and oxygen atoms in total. The van der Waals surface area contributed by atoms with Crippen molar-refractivity contribution in [2.24, 2.45) is 5.73 Å². The van der Waals surface area contributed by atoms with Crippen molar-refractivity contribution in [2.45, 2.75) is 19.4 Å². The zero-order valence-electron chi connectivity index (χ0n) is 9.78. The van der Waals surface area contributed by atoms with Gasteiger partial charge in [-0.1, -0.05) is 24.6 Å². The van der Waals surface area contributed by atoms with Gasteiger partial charge in [-0.25, -0.2) is 0 Å². The number of carbonyl (C=O) groups excluding carboxylic acids is 1. The maximum Gasteiger partial charge on any atom is 0.258 e. The van der Waals surface area contributed by atoms with Gasteiger partial charge in [0, 0.05) is 17.6 Å². The van der Waals surface area contributed by atoms with Crippen LogP contribution >= 0.6 is 11.6 Å². The number of amides is 1. The van der Waals surface area contributed by atoms with Crippen molar-refractivity contribution in [3.8, 4) is 5.75 Å². The molecule has 0 bridgehead atoms. The van der Waals surface area contributed by atoms with Crippen LogP contribution in [-0.4, -0.2) is 25.1 Å². The number of hydrogen-bond donors (Lipinski definition) is 2. The number of halogens is 1. The summed E-state index contributed by atoms with van der Waals surface area (Å²) >= 11 is 5.79. The molecule has 94 valence electrons. The Labute approximate surface area is 106 Å². The lowest BCUT2D eigenvalue weighted by Crippen LogP contribution is -2.41. The minimum Gasteiger partial charge on any atom is -0.484 e. The highest BCUT2D eigenvalue weighted by Gasteiger charge is 2.08. The van der Waals surface area contributed by atoms with E-state index in [1.165, 1.54) is 0 Å². The summed E-state index contributed by atoms with van der Waals surface area (Å²) in [5.74, 6) is 0.399. The van der Waals surface area contributed by atoms with Gasteiger partial charge in [-0.05, 0) is 24.6 Å². The first-order valence-corrected chi connectivity index (χ1v) is 5.91. The van der Waals surface area contributed by atoms with Crippen LogP contribution in [-0.2, 0) is 4.79 Å². The Bertz CT molecular complexity index is 367. The van der Waals surface area contributed by atoms with Gasteiger partial charge in [0.15, 0.2) is 6.61 Å². The highest BCUT2D eigenvalue weighted by atomic mass is 35.5. The van der Waals surface area contributed by atoms with E-state index in [0.717, 1.165) is 6.42 Å². The van der Waals surface area contributed by atoms with Crippen LogP contribution in [0.2, 0.25) is 5.02 Å². The molecule has 0 aliphatic carbocycles. The lowest BCUT2D eigenvalue weighted by molar-refractivity contribution is -0.123. The van der Waals surface area contributed by atoms with E-state index in [0.29, 0.717) is 17.3 Å². The quantitative estimate of drug-likeness (QED) is 0.812. The lowest BCUT2D eigenvalue weighted by Gasteiger charge is -2.14. The molecule has 0 aliphatic heterocycles. The standard InChI is InChI=1S/C12H17ClN2O2/c1-2-10(7-14)15-12(16)8-17-11-5-3-4-9(13)6-11/h3-6,10H,2,7-8,14H2,1H3,(H,15,16). The normalized spacial score (nSPS) is 11.9.